The zero-order valence-corrected chi connectivity index (χ0v) is 12.8. The van der Waals surface area contributed by atoms with Crippen molar-refractivity contribution < 1.29 is 5.11 Å². The van der Waals surface area contributed by atoms with E-state index >= 15 is 0 Å². The largest absolute Gasteiger partial charge is 0.396 e. The van der Waals surface area contributed by atoms with E-state index in [1.165, 1.54) is 19.3 Å². The van der Waals surface area contributed by atoms with Crippen LogP contribution in [-0.2, 0) is 6.42 Å². The second-order valence-electron chi connectivity index (χ2n) is 6.17. The summed E-state index contributed by atoms with van der Waals surface area (Å²) in [5.41, 5.74) is 0.0577. The molecule has 0 unspecified atom stereocenters. The summed E-state index contributed by atoms with van der Waals surface area (Å²) in [7, 11) is 0. The Balaban J connectivity index is 1.88. The van der Waals surface area contributed by atoms with E-state index in [9.17, 15) is 5.11 Å². The summed E-state index contributed by atoms with van der Waals surface area (Å²) in [4.78, 5) is 0. The predicted octanol–water partition coefficient (Wildman–Crippen LogP) is 3.09. The van der Waals surface area contributed by atoms with Gasteiger partial charge in [0.1, 0.15) is 5.01 Å². The Bertz CT molecular complexity index is 386. The molecule has 1 fully saturated rings. The van der Waals surface area contributed by atoms with E-state index in [1.807, 2.05) is 0 Å². The SMILES string of the molecule is CC(C)Cc1nnc(NCC2(CO)CCCCC2)s1. The molecule has 0 aromatic carbocycles. The Labute approximate surface area is 119 Å². The van der Waals surface area contributed by atoms with Crippen molar-refractivity contribution >= 4 is 16.5 Å². The topological polar surface area (TPSA) is 58.0 Å². The molecule has 1 heterocycles. The van der Waals surface area contributed by atoms with Crippen LogP contribution in [0, 0.1) is 11.3 Å². The minimum atomic E-state index is 0.0577. The number of hydrogen-bond donors (Lipinski definition) is 2. The van der Waals surface area contributed by atoms with Crippen LogP contribution in [0.5, 0.6) is 0 Å². The van der Waals surface area contributed by atoms with Gasteiger partial charge in [-0.25, -0.2) is 0 Å². The van der Waals surface area contributed by atoms with Gasteiger partial charge in [0, 0.05) is 18.4 Å². The van der Waals surface area contributed by atoms with Crippen molar-refractivity contribution in [3.05, 3.63) is 5.01 Å². The standard InChI is InChI=1S/C14H25N3OS/c1-11(2)8-12-16-17-13(19-12)15-9-14(10-18)6-4-3-5-7-14/h11,18H,3-10H2,1-2H3,(H,15,17). The molecule has 0 aliphatic heterocycles. The van der Waals surface area contributed by atoms with Crippen molar-refractivity contribution in [3.8, 4) is 0 Å². The van der Waals surface area contributed by atoms with Gasteiger partial charge in [-0.1, -0.05) is 44.4 Å². The van der Waals surface area contributed by atoms with Crippen molar-refractivity contribution in [3.63, 3.8) is 0 Å². The van der Waals surface area contributed by atoms with E-state index in [-0.39, 0.29) is 12.0 Å². The summed E-state index contributed by atoms with van der Waals surface area (Å²) in [5, 5.41) is 23.5. The molecule has 0 amide bonds. The van der Waals surface area contributed by atoms with Gasteiger partial charge in [-0.2, -0.15) is 0 Å². The van der Waals surface area contributed by atoms with Crippen LogP contribution in [0.2, 0.25) is 0 Å². The van der Waals surface area contributed by atoms with Crippen molar-refractivity contribution in [2.45, 2.75) is 52.4 Å². The number of nitrogens with one attached hydrogen (secondary N) is 1. The number of nitrogens with zero attached hydrogens (tertiary/aromatic N) is 2. The van der Waals surface area contributed by atoms with Crippen molar-refractivity contribution in [2.24, 2.45) is 11.3 Å². The quantitative estimate of drug-likeness (QED) is 0.842. The molecule has 108 valence electrons. The fourth-order valence-electron chi connectivity index (χ4n) is 2.71. The van der Waals surface area contributed by atoms with Gasteiger partial charge in [0.25, 0.3) is 0 Å². The smallest absolute Gasteiger partial charge is 0.205 e. The molecule has 4 nitrogen and oxygen atoms in total. The molecule has 19 heavy (non-hydrogen) atoms. The summed E-state index contributed by atoms with van der Waals surface area (Å²) < 4.78 is 0. The number of aliphatic hydroxyl groups excluding tert-OH is 1. The number of hydrogen-bond acceptors (Lipinski definition) is 5. The highest BCUT2D eigenvalue weighted by atomic mass is 32.1. The summed E-state index contributed by atoms with van der Waals surface area (Å²) in [5.74, 6) is 0.614. The van der Waals surface area contributed by atoms with Gasteiger partial charge in [-0.05, 0) is 18.8 Å². The third-order valence-electron chi connectivity index (χ3n) is 3.91. The molecule has 2 rings (SSSR count). The lowest BCUT2D eigenvalue weighted by Gasteiger charge is -2.35. The molecule has 5 heteroatoms. The Morgan fingerprint density at radius 3 is 2.63 bits per heavy atom. The minimum absolute atomic E-state index is 0.0577. The van der Waals surface area contributed by atoms with Gasteiger partial charge in [0.15, 0.2) is 0 Å². The normalized spacial score (nSPS) is 18.7. The van der Waals surface area contributed by atoms with Crippen LogP contribution in [0.4, 0.5) is 5.13 Å². The average molecular weight is 283 g/mol. The van der Waals surface area contributed by atoms with Gasteiger partial charge in [0.05, 0.1) is 6.61 Å². The van der Waals surface area contributed by atoms with Crippen LogP contribution in [0.3, 0.4) is 0 Å². The maximum Gasteiger partial charge on any atom is 0.205 e. The second kappa shape index (κ2) is 6.66. The molecule has 2 N–H and O–H groups in total. The van der Waals surface area contributed by atoms with E-state index in [2.05, 4.69) is 29.4 Å². The Morgan fingerprint density at radius 1 is 1.26 bits per heavy atom. The van der Waals surface area contributed by atoms with Crippen LogP contribution in [0.1, 0.15) is 51.0 Å². The van der Waals surface area contributed by atoms with E-state index in [0.717, 1.165) is 35.9 Å². The van der Waals surface area contributed by atoms with Crippen molar-refractivity contribution in [1.29, 1.82) is 0 Å². The first kappa shape index (κ1) is 14.7. The predicted molar refractivity (Wildman–Crippen MR) is 79.5 cm³/mol. The first-order valence-electron chi connectivity index (χ1n) is 7.31. The highest BCUT2D eigenvalue weighted by molar-refractivity contribution is 7.15. The molecule has 0 bridgehead atoms. The molecule has 0 spiro atoms. The first-order valence-corrected chi connectivity index (χ1v) is 8.12. The summed E-state index contributed by atoms with van der Waals surface area (Å²) in [6.07, 6.45) is 7.00. The third-order valence-corrected chi connectivity index (χ3v) is 4.82. The van der Waals surface area contributed by atoms with Crippen LogP contribution >= 0.6 is 11.3 Å². The van der Waals surface area contributed by atoms with Crippen LogP contribution in [0.25, 0.3) is 0 Å². The number of aliphatic hydroxyl groups is 1. The van der Waals surface area contributed by atoms with E-state index in [0.29, 0.717) is 5.92 Å². The zero-order valence-electron chi connectivity index (χ0n) is 12.0. The zero-order chi connectivity index (χ0) is 13.7. The number of aromatic nitrogens is 2. The molecule has 0 atom stereocenters. The highest BCUT2D eigenvalue weighted by Gasteiger charge is 2.31. The maximum atomic E-state index is 9.67. The summed E-state index contributed by atoms with van der Waals surface area (Å²) >= 11 is 1.64. The van der Waals surface area contributed by atoms with Crippen molar-refractivity contribution in [1.82, 2.24) is 10.2 Å². The van der Waals surface area contributed by atoms with Gasteiger partial charge >= 0.3 is 0 Å². The minimum Gasteiger partial charge on any atom is -0.396 e. The molecule has 1 saturated carbocycles. The van der Waals surface area contributed by atoms with Gasteiger partial charge in [0.2, 0.25) is 5.13 Å². The monoisotopic (exact) mass is 283 g/mol. The molecular weight excluding hydrogens is 258 g/mol. The number of rotatable bonds is 6. The fourth-order valence-corrected chi connectivity index (χ4v) is 3.66. The highest BCUT2D eigenvalue weighted by Crippen LogP contribution is 2.36. The molecule has 1 aliphatic carbocycles. The van der Waals surface area contributed by atoms with E-state index in [4.69, 9.17) is 0 Å². The van der Waals surface area contributed by atoms with Crippen LogP contribution in [-0.4, -0.2) is 28.5 Å². The molecule has 1 aliphatic rings. The first-order chi connectivity index (χ1) is 9.13. The Kier molecular flexibility index (Phi) is 5.16. The van der Waals surface area contributed by atoms with Crippen molar-refractivity contribution in [2.75, 3.05) is 18.5 Å². The average Bonchev–Trinajstić information content (AvgIpc) is 2.84. The molecule has 0 radical (unpaired) electrons. The lowest BCUT2D eigenvalue weighted by Crippen LogP contribution is -2.35. The van der Waals surface area contributed by atoms with E-state index < -0.39 is 0 Å². The lowest BCUT2D eigenvalue weighted by molar-refractivity contribution is 0.0944. The Morgan fingerprint density at radius 2 is 2.00 bits per heavy atom. The molecule has 1 aromatic heterocycles. The molecule has 1 aromatic rings. The van der Waals surface area contributed by atoms with Gasteiger partial charge < -0.3 is 10.4 Å². The van der Waals surface area contributed by atoms with Crippen LogP contribution in [0.15, 0.2) is 0 Å². The summed E-state index contributed by atoms with van der Waals surface area (Å²) in [6, 6.07) is 0. The maximum absolute atomic E-state index is 9.67. The van der Waals surface area contributed by atoms with E-state index in [1.54, 1.807) is 11.3 Å². The second-order valence-corrected chi connectivity index (χ2v) is 7.23. The molecule has 0 saturated heterocycles. The van der Waals surface area contributed by atoms with Gasteiger partial charge in [-0.3, -0.25) is 0 Å². The van der Waals surface area contributed by atoms with Crippen LogP contribution < -0.4 is 5.32 Å². The lowest BCUT2D eigenvalue weighted by atomic mass is 9.74. The number of anilines is 1. The third kappa shape index (κ3) is 4.14. The fraction of sp³-hybridized carbons (Fsp3) is 0.857. The molecular formula is C14H25N3OS. The Hall–Kier alpha value is -0.680. The summed E-state index contributed by atoms with van der Waals surface area (Å²) in [6.45, 7) is 5.48. The van der Waals surface area contributed by atoms with Gasteiger partial charge in [-0.15, -0.1) is 10.2 Å².